The van der Waals surface area contributed by atoms with E-state index in [1.165, 1.54) is 0 Å². The molecular weight excluding hydrogens is 420 g/mol. The number of sulfonamides is 1. The van der Waals surface area contributed by atoms with Crippen molar-refractivity contribution in [3.05, 3.63) is 47.7 Å². The summed E-state index contributed by atoms with van der Waals surface area (Å²) in [7, 11) is -4.01. The number of rotatable bonds is 9. The molecule has 12 heteroatoms. The van der Waals surface area contributed by atoms with Crippen LogP contribution in [0.5, 0.6) is 0 Å². The lowest BCUT2D eigenvalue weighted by Crippen LogP contribution is -2.63. The number of carbonyl (C=O) groups excluding carboxylic acids is 1. The van der Waals surface area contributed by atoms with Crippen molar-refractivity contribution in [1.29, 1.82) is 0 Å². The van der Waals surface area contributed by atoms with Crippen molar-refractivity contribution >= 4 is 21.9 Å². The van der Waals surface area contributed by atoms with Gasteiger partial charge in [0, 0.05) is 6.92 Å². The van der Waals surface area contributed by atoms with Gasteiger partial charge in [-0.05, 0) is 11.6 Å². The first kappa shape index (κ1) is 23.8. The molecule has 5 atom stereocenters. The van der Waals surface area contributed by atoms with Gasteiger partial charge < -0.3 is 30.5 Å². The highest BCUT2D eigenvalue weighted by Gasteiger charge is 2.44. The number of carboxylic acids is 1. The zero-order valence-electron chi connectivity index (χ0n) is 16.0. The van der Waals surface area contributed by atoms with Crippen molar-refractivity contribution in [3.8, 4) is 0 Å². The molecule has 0 saturated heterocycles. The largest absolute Gasteiger partial charge is 0.478 e. The summed E-state index contributed by atoms with van der Waals surface area (Å²) in [5, 5.41) is 40.9. The Kier molecular flexibility index (Phi) is 7.92. The van der Waals surface area contributed by atoms with Crippen LogP contribution in [-0.2, 0) is 30.1 Å². The number of aliphatic hydroxyl groups is 3. The minimum absolute atomic E-state index is 0.416. The van der Waals surface area contributed by atoms with E-state index >= 15 is 0 Å². The van der Waals surface area contributed by atoms with Gasteiger partial charge in [0.1, 0.15) is 18.3 Å². The maximum absolute atomic E-state index is 12.6. The van der Waals surface area contributed by atoms with Gasteiger partial charge >= 0.3 is 5.97 Å². The Morgan fingerprint density at radius 2 is 1.83 bits per heavy atom. The number of aliphatic hydroxyl groups excluding tert-OH is 3. The Hall–Kier alpha value is -2.51. The van der Waals surface area contributed by atoms with Gasteiger partial charge in [-0.3, -0.25) is 4.79 Å². The summed E-state index contributed by atoms with van der Waals surface area (Å²) < 4.78 is 32.8. The fourth-order valence-corrected chi connectivity index (χ4v) is 4.36. The number of amides is 1. The van der Waals surface area contributed by atoms with Crippen LogP contribution in [0.15, 0.2) is 42.2 Å². The van der Waals surface area contributed by atoms with Crippen LogP contribution in [0.25, 0.3) is 0 Å². The van der Waals surface area contributed by atoms with E-state index in [1.54, 1.807) is 30.3 Å². The van der Waals surface area contributed by atoms with Crippen molar-refractivity contribution in [2.75, 3.05) is 6.61 Å². The molecule has 166 valence electrons. The van der Waals surface area contributed by atoms with Crippen LogP contribution in [0.1, 0.15) is 12.5 Å². The minimum atomic E-state index is -4.01. The smallest absolute Gasteiger partial charge is 0.370 e. The van der Waals surface area contributed by atoms with Gasteiger partial charge in [0.15, 0.2) is 0 Å². The van der Waals surface area contributed by atoms with Crippen LogP contribution in [0.2, 0.25) is 0 Å². The molecule has 30 heavy (non-hydrogen) atoms. The molecular formula is C18H24N2O9S. The molecule has 1 amide bonds. The Labute approximate surface area is 173 Å². The van der Waals surface area contributed by atoms with E-state index in [0.29, 0.717) is 5.56 Å². The first-order valence-corrected chi connectivity index (χ1v) is 10.6. The SMILES string of the molecule is CC(=O)N[C@H]1[C@H]([C@H](O)[C@H](O)CO)OC(C(=O)O)=C[C@H]1NS(=O)(=O)Cc1ccccc1. The second kappa shape index (κ2) is 10.00. The number of ether oxygens (including phenoxy) is 1. The van der Waals surface area contributed by atoms with Gasteiger partial charge in [-0.2, -0.15) is 0 Å². The van der Waals surface area contributed by atoms with Crippen LogP contribution in [0, 0.1) is 0 Å². The standard InChI is InChI=1S/C18H24N2O9S/c1-10(22)19-15-12(20-30(27,28)9-11-5-3-2-4-6-11)7-14(18(25)26)29-17(15)16(24)13(23)8-21/h2-7,12-13,15-17,20-21,23-24H,8-9H2,1H3,(H,19,22)(H,25,26)/t12-,13-,15-,16-,17-/m1/s1. The Bertz CT molecular complexity index is 888. The van der Waals surface area contributed by atoms with E-state index in [2.05, 4.69) is 10.0 Å². The molecule has 0 bridgehead atoms. The third-order valence-corrected chi connectivity index (χ3v) is 5.69. The van der Waals surface area contributed by atoms with E-state index in [4.69, 9.17) is 9.84 Å². The van der Waals surface area contributed by atoms with Gasteiger partial charge in [-0.15, -0.1) is 0 Å². The molecule has 1 aliphatic heterocycles. The second-order valence-electron chi connectivity index (χ2n) is 6.77. The van der Waals surface area contributed by atoms with Gasteiger partial charge in [-0.25, -0.2) is 17.9 Å². The van der Waals surface area contributed by atoms with Crippen LogP contribution < -0.4 is 10.0 Å². The topological polar surface area (TPSA) is 182 Å². The van der Waals surface area contributed by atoms with Crippen LogP contribution in [0.3, 0.4) is 0 Å². The van der Waals surface area contributed by atoms with E-state index < -0.39 is 70.4 Å². The fraction of sp³-hybridized carbons (Fsp3) is 0.444. The monoisotopic (exact) mass is 444 g/mol. The highest BCUT2D eigenvalue weighted by atomic mass is 32.2. The first-order valence-electron chi connectivity index (χ1n) is 8.94. The van der Waals surface area contributed by atoms with E-state index in [9.17, 15) is 33.3 Å². The third-order valence-electron chi connectivity index (χ3n) is 4.35. The van der Waals surface area contributed by atoms with E-state index in [-0.39, 0.29) is 0 Å². The fourth-order valence-electron chi connectivity index (χ4n) is 3.02. The van der Waals surface area contributed by atoms with Crippen molar-refractivity contribution in [2.45, 2.75) is 43.1 Å². The summed E-state index contributed by atoms with van der Waals surface area (Å²) in [6.07, 6.45) is -4.14. The number of carboxylic acid groups (broad SMARTS) is 1. The number of carbonyl (C=O) groups is 2. The zero-order valence-corrected chi connectivity index (χ0v) is 16.8. The molecule has 1 aromatic rings. The molecule has 0 radical (unpaired) electrons. The quantitative estimate of drug-likeness (QED) is 0.252. The first-order chi connectivity index (χ1) is 14.0. The van der Waals surface area contributed by atoms with Gasteiger partial charge in [0.2, 0.25) is 21.7 Å². The summed E-state index contributed by atoms with van der Waals surface area (Å²) >= 11 is 0. The molecule has 0 aromatic heterocycles. The summed E-state index contributed by atoms with van der Waals surface area (Å²) in [4.78, 5) is 23.1. The Morgan fingerprint density at radius 1 is 1.20 bits per heavy atom. The molecule has 0 saturated carbocycles. The average Bonchev–Trinajstić information content (AvgIpc) is 2.67. The van der Waals surface area contributed by atoms with Crippen LogP contribution >= 0.6 is 0 Å². The molecule has 0 spiro atoms. The van der Waals surface area contributed by atoms with Crippen LogP contribution in [0.4, 0.5) is 0 Å². The van der Waals surface area contributed by atoms with Gasteiger partial charge in [0.05, 0.1) is 24.4 Å². The summed E-state index contributed by atoms with van der Waals surface area (Å²) in [5.41, 5.74) is 0.475. The zero-order chi connectivity index (χ0) is 22.5. The number of benzene rings is 1. The second-order valence-corrected chi connectivity index (χ2v) is 8.53. The third kappa shape index (κ3) is 6.24. The lowest BCUT2D eigenvalue weighted by Gasteiger charge is -2.39. The summed E-state index contributed by atoms with van der Waals surface area (Å²) in [6, 6.07) is 5.64. The molecule has 1 aromatic carbocycles. The average molecular weight is 444 g/mol. The maximum Gasteiger partial charge on any atom is 0.370 e. The predicted molar refractivity (Wildman–Crippen MR) is 103 cm³/mol. The maximum atomic E-state index is 12.6. The van der Waals surface area contributed by atoms with Gasteiger partial charge in [-0.1, -0.05) is 30.3 Å². The van der Waals surface area contributed by atoms with E-state index in [0.717, 1.165) is 13.0 Å². The summed E-state index contributed by atoms with van der Waals surface area (Å²) in [6.45, 7) is 0.266. The van der Waals surface area contributed by atoms with Gasteiger partial charge in [0.25, 0.3) is 0 Å². The molecule has 0 unspecified atom stereocenters. The molecule has 11 nitrogen and oxygen atoms in total. The molecule has 0 aliphatic carbocycles. The van der Waals surface area contributed by atoms with Crippen LogP contribution in [-0.4, -0.2) is 77.7 Å². The minimum Gasteiger partial charge on any atom is -0.478 e. The number of aliphatic carboxylic acids is 1. The molecule has 2 rings (SSSR count). The number of nitrogens with one attached hydrogen (secondary N) is 2. The highest BCUT2D eigenvalue weighted by molar-refractivity contribution is 7.88. The predicted octanol–water partition coefficient (Wildman–Crippen LogP) is -1.94. The lowest BCUT2D eigenvalue weighted by atomic mass is 9.92. The number of hydrogen-bond acceptors (Lipinski definition) is 8. The lowest BCUT2D eigenvalue weighted by molar-refractivity contribution is -0.146. The van der Waals surface area contributed by atoms with E-state index in [1.807, 2.05) is 0 Å². The van der Waals surface area contributed by atoms with Crippen molar-refractivity contribution < 1.29 is 43.2 Å². The Morgan fingerprint density at radius 3 is 2.37 bits per heavy atom. The van der Waals surface area contributed by atoms with Crippen molar-refractivity contribution in [2.24, 2.45) is 0 Å². The normalized spacial score (nSPS) is 23.6. The molecule has 1 aliphatic rings. The molecule has 6 N–H and O–H groups in total. The number of hydrogen-bond donors (Lipinski definition) is 6. The molecule has 0 fully saturated rings. The Balaban J connectivity index is 2.39. The van der Waals surface area contributed by atoms with Crippen molar-refractivity contribution in [3.63, 3.8) is 0 Å². The molecule has 1 heterocycles. The summed E-state index contributed by atoms with van der Waals surface area (Å²) in [5.74, 6) is -3.25. The highest BCUT2D eigenvalue weighted by Crippen LogP contribution is 2.24. The van der Waals surface area contributed by atoms with Crippen molar-refractivity contribution in [1.82, 2.24) is 10.0 Å².